The normalized spacial score (nSPS) is 10.3. The average Bonchev–Trinajstić information content (AvgIpc) is 2.64. The number of anilines is 1. The Morgan fingerprint density at radius 1 is 0.800 bits per heavy atom. The van der Waals surface area contributed by atoms with Gasteiger partial charge in [0.25, 0.3) is 0 Å². The van der Waals surface area contributed by atoms with Crippen molar-refractivity contribution in [2.24, 2.45) is 0 Å². The molecule has 4 heteroatoms. The quantitative estimate of drug-likeness (QED) is 0.615. The van der Waals surface area contributed by atoms with Crippen molar-refractivity contribution in [2.45, 2.75) is 6.92 Å². The molecule has 0 saturated carbocycles. The number of hydrogen-bond donors (Lipinski definition) is 1. The summed E-state index contributed by atoms with van der Waals surface area (Å²) in [5.74, 6) is -0.211. The SMILES string of the molecule is Cc1ccc([Te]C(=O)c2ccccc2NC(=O)c2ccccc2)cc1. The summed E-state index contributed by atoms with van der Waals surface area (Å²) in [5.41, 5.74) is 2.90. The first-order valence-electron chi connectivity index (χ1n) is 7.88. The van der Waals surface area contributed by atoms with E-state index in [9.17, 15) is 9.59 Å². The van der Waals surface area contributed by atoms with Crippen molar-refractivity contribution < 1.29 is 9.59 Å². The molecule has 0 aromatic heterocycles. The Bertz CT molecular complexity index is 889. The predicted molar refractivity (Wildman–Crippen MR) is 102 cm³/mol. The summed E-state index contributed by atoms with van der Waals surface area (Å²) in [5, 5.41) is 2.86. The number of nitrogens with one attached hydrogen (secondary N) is 1. The second-order valence-corrected chi connectivity index (χ2v) is 8.55. The number of amides is 1. The van der Waals surface area contributed by atoms with Crippen LogP contribution in [0.25, 0.3) is 0 Å². The summed E-state index contributed by atoms with van der Waals surface area (Å²) in [7, 11) is 0. The van der Waals surface area contributed by atoms with Crippen molar-refractivity contribution in [1.82, 2.24) is 0 Å². The van der Waals surface area contributed by atoms with Gasteiger partial charge in [-0.15, -0.1) is 0 Å². The van der Waals surface area contributed by atoms with Gasteiger partial charge in [-0.05, 0) is 0 Å². The van der Waals surface area contributed by atoms with E-state index in [0.29, 0.717) is 16.8 Å². The molecule has 0 atom stereocenters. The zero-order valence-electron chi connectivity index (χ0n) is 13.7. The first-order chi connectivity index (χ1) is 12.1. The van der Waals surface area contributed by atoms with Gasteiger partial charge in [0.15, 0.2) is 0 Å². The molecule has 3 aromatic rings. The van der Waals surface area contributed by atoms with Gasteiger partial charge in [0, 0.05) is 0 Å². The van der Waals surface area contributed by atoms with Crippen LogP contribution in [-0.4, -0.2) is 30.7 Å². The van der Waals surface area contributed by atoms with Crippen LogP contribution in [-0.2, 0) is 0 Å². The monoisotopic (exact) mass is 445 g/mol. The summed E-state index contributed by atoms with van der Waals surface area (Å²) in [6.07, 6.45) is 0. The van der Waals surface area contributed by atoms with E-state index in [0.717, 1.165) is 3.61 Å². The minimum absolute atomic E-state index is 0.109. The topological polar surface area (TPSA) is 46.2 Å². The molecular formula is C21H17NO2Te. The molecule has 0 aliphatic rings. The molecule has 0 fully saturated rings. The fourth-order valence-electron chi connectivity index (χ4n) is 2.32. The van der Waals surface area contributed by atoms with Crippen LogP contribution in [0.1, 0.15) is 26.3 Å². The molecule has 1 N–H and O–H groups in total. The maximum atomic E-state index is 12.7. The summed E-state index contributed by atoms with van der Waals surface area (Å²) in [4.78, 5) is 25.1. The zero-order chi connectivity index (χ0) is 17.6. The second kappa shape index (κ2) is 8.11. The molecule has 0 spiro atoms. The number of benzene rings is 3. The fourth-order valence-corrected chi connectivity index (χ4v) is 4.53. The van der Waals surface area contributed by atoms with Gasteiger partial charge in [-0.25, -0.2) is 0 Å². The molecule has 3 nitrogen and oxygen atoms in total. The predicted octanol–water partition coefficient (Wildman–Crippen LogP) is 3.42. The van der Waals surface area contributed by atoms with E-state index in [1.54, 1.807) is 24.3 Å². The second-order valence-electron chi connectivity index (χ2n) is 5.57. The van der Waals surface area contributed by atoms with E-state index in [4.69, 9.17) is 0 Å². The van der Waals surface area contributed by atoms with Gasteiger partial charge in [-0.3, -0.25) is 0 Å². The molecule has 0 heterocycles. The third kappa shape index (κ3) is 4.57. The Kier molecular flexibility index (Phi) is 5.65. The number of para-hydroxylation sites is 1. The molecule has 0 aliphatic heterocycles. The molecule has 0 aliphatic carbocycles. The number of aryl methyl sites for hydroxylation is 1. The van der Waals surface area contributed by atoms with Gasteiger partial charge in [0.2, 0.25) is 0 Å². The molecule has 3 rings (SSSR count). The Labute approximate surface area is 157 Å². The van der Waals surface area contributed by atoms with E-state index in [2.05, 4.69) is 5.32 Å². The third-order valence-corrected chi connectivity index (χ3v) is 6.27. The summed E-state index contributed by atoms with van der Waals surface area (Å²) in [6, 6.07) is 24.3. The van der Waals surface area contributed by atoms with Gasteiger partial charge < -0.3 is 0 Å². The number of carbonyl (C=O) groups is 2. The number of hydrogen-bond acceptors (Lipinski definition) is 2. The summed E-state index contributed by atoms with van der Waals surface area (Å²) >= 11 is -1.02. The van der Waals surface area contributed by atoms with Crippen LogP contribution in [0.4, 0.5) is 5.69 Å². The molecule has 0 saturated heterocycles. The molecule has 124 valence electrons. The molecule has 0 unspecified atom stereocenters. The van der Waals surface area contributed by atoms with E-state index in [1.807, 2.05) is 61.5 Å². The Balaban J connectivity index is 1.79. The van der Waals surface area contributed by atoms with Gasteiger partial charge >= 0.3 is 157 Å². The molecule has 25 heavy (non-hydrogen) atoms. The van der Waals surface area contributed by atoms with Crippen LogP contribution in [0.5, 0.6) is 0 Å². The van der Waals surface area contributed by atoms with Crippen molar-refractivity contribution in [2.75, 3.05) is 5.32 Å². The van der Waals surface area contributed by atoms with E-state index in [-0.39, 0.29) is 9.74 Å². The van der Waals surface area contributed by atoms with E-state index in [1.165, 1.54) is 5.56 Å². The minimum atomic E-state index is -1.02. The van der Waals surface area contributed by atoms with Crippen molar-refractivity contribution in [3.8, 4) is 0 Å². The molecule has 1 amide bonds. The van der Waals surface area contributed by atoms with Crippen LogP contribution >= 0.6 is 0 Å². The first kappa shape index (κ1) is 17.4. The Morgan fingerprint density at radius 3 is 2.16 bits per heavy atom. The van der Waals surface area contributed by atoms with Crippen LogP contribution in [0.2, 0.25) is 0 Å². The molecule has 0 bridgehead atoms. The molecule has 0 radical (unpaired) electrons. The van der Waals surface area contributed by atoms with Crippen molar-refractivity contribution >= 4 is 40.0 Å². The van der Waals surface area contributed by atoms with Gasteiger partial charge in [-0.1, -0.05) is 0 Å². The first-order valence-corrected chi connectivity index (χ1v) is 10.2. The van der Waals surface area contributed by atoms with Crippen LogP contribution < -0.4 is 8.93 Å². The third-order valence-electron chi connectivity index (χ3n) is 3.66. The van der Waals surface area contributed by atoms with E-state index >= 15 is 0 Å². The van der Waals surface area contributed by atoms with Crippen LogP contribution in [0, 0.1) is 6.92 Å². The fraction of sp³-hybridized carbons (Fsp3) is 0.0476. The van der Waals surface area contributed by atoms with Crippen molar-refractivity contribution in [3.63, 3.8) is 0 Å². The van der Waals surface area contributed by atoms with Crippen LogP contribution in [0.3, 0.4) is 0 Å². The van der Waals surface area contributed by atoms with Gasteiger partial charge in [-0.2, -0.15) is 0 Å². The maximum absolute atomic E-state index is 12.7. The van der Waals surface area contributed by atoms with Gasteiger partial charge in [0.05, 0.1) is 0 Å². The van der Waals surface area contributed by atoms with E-state index < -0.39 is 20.9 Å². The summed E-state index contributed by atoms with van der Waals surface area (Å²) in [6.45, 7) is 2.03. The average molecular weight is 443 g/mol. The van der Waals surface area contributed by atoms with Crippen molar-refractivity contribution in [1.29, 1.82) is 0 Å². The zero-order valence-corrected chi connectivity index (χ0v) is 16.1. The Hall–Kier alpha value is -2.41. The number of carbonyl (C=O) groups excluding carboxylic acids is 2. The van der Waals surface area contributed by atoms with Gasteiger partial charge in [0.1, 0.15) is 0 Å². The number of rotatable bonds is 5. The Morgan fingerprint density at radius 2 is 1.44 bits per heavy atom. The van der Waals surface area contributed by atoms with Crippen molar-refractivity contribution in [3.05, 3.63) is 95.6 Å². The molecular weight excluding hydrogens is 426 g/mol. The standard InChI is InChI=1S/C21H17NO2Te/c1-15-11-13-17(14-12-15)25-21(24)18-9-5-6-10-19(18)22-20(23)16-7-3-2-4-8-16/h2-14H,1H3,(H,22,23). The summed E-state index contributed by atoms with van der Waals surface area (Å²) < 4.78 is 1.20. The molecule has 3 aromatic carbocycles. The van der Waals surface area contributed by atoms with Crippen LogP contribution in [0.15, 0.2) is 78.9 Å².